The van der Waals surface area contributed by atoms with Crippen LogP contribution in [0.1, 0.15) is 27.0 Å². The van der Waals surface area contributed by atoms with Crippen LogP contribution in [0.2, 0.25) is 10.0 Å². The van der Waals surface area contributed by atoms with Gasteiger partial charge >= 0.3 is 0 Å². The molecule has 4 rings (SSSR count). The average molecular weight is 497 g/mol. The topological polar surface area (TPSA) is 74.8 Å². The second-order valence-corrected chi connectivity index (χ2v) is 8.88. The van der Waals surface area contributed by atoms with E-state index in [-0.39, 0.29) is 5.91 Å². The Morgan fingerprint density at radius 2 is 1.88 bits per heavy atom. The van der Waals surface area contributed by atoms with Crippen LogP contribution >= 0.6 is 23.2 Å². The smallest absolute Gasteiger partial charge is 0.251 e. The summed E-state index contributed by atoms with van der Waals surface area (Å²) in [7, 11) is 1.65. The number of ether oxygens (including phenoxy) is 1. The number of methoxy groups -OCH3 is 1. The van der Waals surface area contributed by atoms with Gasteiger partial charge in [-0.3, -0.25) is 9.79 Å². The fraction of sp³-hybridized carbons (Fsp3) is 0.231. The molecule has 1 heterocycles. The molecule has 3 aromatic carbocycles. The first kappa shape index (κ1) is 23.9. The van der Waals surface area contributed by atoms with Gasteiger partial charge in [-0.2, -0.15) is 0 Å². The van der Waals surface area contributed by atoms with Crippen LogP contribution in [-0.2, 0) is 13.1 Å². The first-order valence-electron chi connectivity index (χ1n) is 11.0. The third kappa shape index (κ3) is 5.82. The number of carbonyl (C=O) groups excluding carboxylic acids is 1. The Morgan fingerprint density at radius 1 is 1.03 bits per heavy atom. The monoisotopic (exact) mass is 496 g/mol. The summed E-state index contributed by atoms with van der Waals surface area (Å²) < 4.78 is 5.59. The van der Waals surface area contributed by atoms with E-state index in [0.717, 1.165) is 52.6 Å². The minimum atomic E-state index is -0.183. The van der Waals surface area contributed by atoms with Crippen LogP contribution in [0.4, 0.5) is 0 Å². The van der Waals surface area contributed by atoms with Gasteiger partial charge in [0.2, 0.25) is 0 Å². The molecule has 0 aliphatic carbocycles. The summed E-state index contributed by atoms with van der Waals surface area (Å²) in [5, 5.41) is 10.4. The molecule has 3 aromatic rings. The predicted molar refractivity (Wildman–Crippen MR) is 138 cm³/mol. The minimum Gasteiger partial charge on any atom is -0.496 e. The summed E-state index contributed by atoms with van der Waals surface area (Å²) in [5.41, 5.74) is 5.32. The first-order chi connectivity index (χ1) is 16.4. The van der Waals surface area contributed by atoms with E-state index in [9.17, 15) is 4.79 Å². The highest BCUT2D eigenvalue weighted by atomic mass is 35.5. The molecule has 0 saturated carbocycles. The number of nitrogens with one attached hydrogen (secondary N) is 3. The molecular formula is C26H26Cl2N4O2. The fourth-order valence-electron chi connectivity index (χ4n) is 3.76. The molecule has 1 aliphatic rings. The number of guanidine groups is 1. The molecule has 8 heteroatoms. The zero-order valence-electron chi connectivity index (χ0n) is 19.0. The van der Waals surface area contributed by atoms with Crippen molar-refractivity contribution < 1.29 is 9.53 Å². The van der Waals surface area contributed by atoms with Gasteiger partial charge in [-0.05, 0) is 66.1 Å². The van der Waals surface area contributed by atoms with Crippen LogP contribution in [0.25, 0.3) is 11.1 Å². The Kier molecular flexibility index (Phi) is 7.60. The van der Waals surface area contributed by atoms with Crippen LogP contribution < -0.4 is 20.7 Å². The lowest BCUT2D eigenvalue weighted by Gasteiger charge is -2.15. The first-order valence-corrected chi connectivity index (χ1v) is 11.7. The molecular weight excluding hydrogens is 471 g/mol. The number of carbonyl (C=O) groups is 1. The zero-order valence-corrected chi connectivity index (χ0v) is 20.6. The predicted octanol–water partition coefficient (Wildman–Crippen LogP) is 4.96. The molecule has 0 radical (unpaired) electrons. The molecule has 0 saturated heterocycles. The second-order valence-electron chi connectivity index (χ2n) is 8.06. The van der Waals surface area contributed by atoms with Gasteiger partial charge in [-0.25, -0.2) is 0 Å². The molecule has 0 aromatic heterocycles. The number of halogens is 2. The van der Waals surface area contributed by atoms with Gasteiger partial charge in [0.05, 0.1) is 23.7 Å². The Labute approximate surface area is 209 Å². The van der Waals surface area contributed by atoms with Gasteiger partial charge in [0.15, 0.2) is 5.96 Å². The lowest BCUT2D eigenvalue weighted by molar-refractivity contribution is 0.0951. The van der Waals surface area contributed by atoms with E-state index in [1.54, 1.807) is 19.2 Å². The van der Waals surface area contributed by atoms with Gasteiger partial charge in [0, 0.05) is 30.8 Å². The number of rotatable bonds is 7. The zero-order chi connectivity index (χ0) is 24.1. The number of benzene rings is 3. The van der Waals surface area contributed by atoms with Gasteiger partial charge in [0.1, 0.15) is 5.75 Å². The maximum Gasteiger partial charge on any atom is 0.251 e. The SMILES string of the molecule is COc1ccc(C)cc1-c1cc(CNC2=NCCN2)cc(C(=O)NCc2ccc(Cl)c(Cl)c2)c1. The van der Waals surface area contributed by atoms with Gasteiger partial charge in [-0.15, -0.1) is 0 Å². The Hall–Kier alpha value is -3.22. The number of hydrogen-bond donors (Lipinski definition) is 3. The van der Waals surface area contributed by atoms with E-state index >= 15 is 0 Å². The van der Waals surface area contributed by atoms with E-state index in [4.69, 9.17) is 27.9 Å². The largest absolute Gasteiger partial charge is 0.496 e. The Morgan fingerprint density at radius 3 is 2.62 bits per heavy atom. The van der Waals surface area contributed by atoms with E-state index in [0.29, 0.717) is 28.7 Å². The standard InChI is InChI=1S/C26H26Cl2N4O2/c1-16-3-6-24(34-2)21(9-16)19-10-18(15-32-26-29-7-8-30-26)11-20(13-19)25(33)31-14-17-4-5-22(27)23(28)12-17/h3-6,9-13H,7-8,14-15H2,1-2H3,(H,31,33)(H2,29,30,32). The van der Waals surface area contributed by atoms with E-state index in [2.05, 4.69) is 33.1 Å². The number of aliphatic imine (C=N–C) groups is 1. The third-order valence-corrected chi connectivity index (χ3v) is 6.23. The maximum atomic E-state index is 13.1. The van der Waals surface area contributed by atoms with Crippen molar-refractivity contribution in [1.82, 2.24) is 16.0 Å². The van der Waals surface area contributed by atoms with Crippen LogP contribution in [0.15, 0.2) is 59.6 Å². The molecule has 0 fully saturated rings. The van der Waals surface area contributed by atoms with Crippen molar-refractivity contribution in [3.63, 3.8) is 0 Å². The average Bonchev–Trinajstić information content (AvgIpc) is 3.37. The number of nitrogens with zero attached hydrogens (tertiary/aromatic N) is 1. The highest BCUT2D eigenvalue weighted by molar-refractivity contribution is 6.42. The van der Waals surface area contributed by atoms with Gasteiger partial charge in [0.25, 0.3) is 5.91 Å². The van der Waals surface area contributed by atoms with E-state index < -0.39 is 0 Å². The Bertz CT molecular complexity index is 1240. The van der Waals surface area contributed by atoms with Crippen molar-refractivity contribution in [3.8, 4) is 16.9 Å². The van der Waals surface area contributed by atoms with Crippen molar-refractivity contribution in [3.05, 3.63) is 86.9 Å². The van der Waals surface area contributed by atoms with Crippen LogP contribution in [0.3, 0.4) is 0 Å². The van der Waals surface area contributed by atoms with Crippen molar-refractivity contribution in [1.29, 1.82) is 0 Å². The molecule has 3 N–H and O–H groups in total. The molecule has 0 unspecified atom stereocenters. The highest BCUT2D eigenvalue weighted by Gasteiger charge is 2.14. The minimum absolute atomic E-state index is 0.183. The summed E-state index contributed by atoms with van der Waals surface area (Å²) in [6.45, 7) is 4.47. The molecule has 1 aliphatic heterocycles. The summed E-state index contributed by atoms with van der Waals surface area (Å²) in [6.07, 6.45) is 0. The lowest BCUT2D eigenvalue weighted by atomic mass is 9.97. The normalized spacial score (nSPS) is 12.6. The van der Waals surface area contributed by atoms with Crippen molar-refractivity contribution in [2.24, 2.45) is 4.99 Å². The summed E-state index contributed by atoms with van der Waals surface area (Å²) in [6, 6.07) is 17.2. The van der Waals surface area contributed by atoms with E-state index in [1.165, 1.54) is 0 Å². The molecule has 176 valence electrons. The Balaban J connectivity index is 1.62. The quantitative estimate of drug-likeness (QED) is 0.432. The van der Waals surface area contributed by atoms with Crippen LogP contribution in [0.5, 0.6) is 5.75 Å². The number of amides is 1. The lowest BCUT2D eigenvalue weighted by Crippen LogP contribution is -2.33. The van der Waals surface area contributed by atoms with Crippen molar-refractivity contribution >= 4 is 35.1 Å². The summed E-state index contributed by atoms with van der Waals surface area (Å²) in [5.74, 6) is 1.33. The van der Waals surface area contributed by atoms with Crippen LogP contribution in [0, 0.1) is 6.92 Å². The highest BCUT2D eigenvalue weighted by Crippen LogP contribution is 2.32. The van der Waals surface area contributed by atoms with Crippen molar-refractivity contribution in [2.45, 2.75) is 20.0 Å². The molecule has 1 amide bonds. The maximum absolute atomic E-state index is 13.1. The van der Waals surface area contributed by atoms with Gasteiger partial charge in [-0.1, -0.05) is 40.9 Å². The summed E-state index contributed by atoms with van der Waals surface area (Å²) in [4.78, 5) is 17.5. The van der Waals surface area contributed by atoms with Gasteiger partial charge < -0.3 is 20.7 Å². The molecule has 0 atom stereocenters. The van der Waals surface area contributed by atoms with E-state index in [1.807, 2.05) is 37.3 Å². The van der Waals surface area contributed by atoms with Crippen molar-refractivity contribution in [2.75, 3.05) is 20.2 Å². The van der Waals surface area contributed by atoms with Crippen LogP contribution in [-0.4, -0.2) is 32.1 Å². The molecule has 0 spiro atoms. The third-order valence-electron chi connectivity index (χ3n) is 5.49. The molecule has 34 heavy (non-hydrogen) atoms. The summed E-state index contributed by atoms with van der Waals surface area (Å²) >= 11 is 12.1. The number of aryl methyl sites for hydroxylation is 1. The fourth-order valence-corrected chi connectivity index (χ4v) is 4.08. The second kappa shape index (κ2) is 10.8. The molecule has 0 bridgehead atoms. The molecule has 6 nitrogen and oxygen atoms in total. The number of hydrogen-bond acceptors (Lipinski definition) is 5.